The first kappa shape index (κ1) is 20.9. The highest BCUT2D eigenvalue weighted by Gasteiger charge is 2.23. The van der Waals surface area contributed by atoms with Crippen molar-refractivity contribution in [3.63, 3.8) is 0 Å². The number of imidazole rings is 1. The summed E-state index contributed by atoms with van der Waals surface area (Å²) in [5.74, 6) is 1.57. The molecule has 156 valence electrons. The van der Waals surface area contributed by atoms with Gasteiger partial charge >= 0.3 is 6.09 Å². The lowest BCUT2D eigenvalue weighted by atomic mass is 9.95. The highest BCUT2D eigenvalue weighted by atomic mass is 16.7. The van der Waals surface area contributed by atoms with Gasteiger partial charge in [-0.05, 0) is 44.9 Å². The summed E-state index contributed by atoms with van der Waals surface area (Å²) in [5.41, 5.74) is 0.907. The molecule has 0 aliphatic carbocycles. The fourth-order valence-corrected chi connectivity index (χ4v) is 3.16. The summed E-state index contributed by atoms with van der Waals surface area (Å²) in [7, 11) is 0. The largest absolute Gasteiger partial charge is 0.454 e. The number of benzene rings is 1. The predicted molar refractivity (Wildman–Crippen MR) is 108 cm³/mol. The number of hydrogen-bond acceptors (Lipinski definition) is 6. The minimum Gasteiger partial charge on any atom is -0.454 e. The molecule has 0 radical (unpaired) electrons. The normalized spacial score (nSPS) is 13.9. The summed E-state index contributed by atoms with van der Waals surface area (Å²) in [4.78, 5) is 29.0. The van der Waals surface area contributed by atoms with E-state index in [9.17, 15) is 9.59 Å². The second-order valence-electron chi connectivity index (χ2n) is 8.16. The Morgan fingerprint density at radius 1 is 1.31 bits per heavy atom. The zero-order valence-corrected chi connectivity index (χ0v) is 17.4. The van der Waals surface area contributed by atoms with Gasteiger partial charge in [-0.25, -0.2) is 14.3 Å². The van der Waals surface area contributed by atoms with E-state index in [1.807, 2.05) is 32.9 Å². The fourth-order valence-electron chi connectivity index (χ4n) is 3.16. The molecule has 0 spiro atoms. The average molecular weight is 400 g/mol. The van der Waals surface area contributed by atoms with Crippen molar-refractivity contribution in [1.29, 1.82) is 0 Å². The first-order valence-corrected chi connectivity index (χ1v) is 9.96. The lowest BCUT2D eigenvalue weighted by Crippen LogP contribution is -2.27. The van der Waals surface area contributed by atoms with Crippen LogP contribution in [0, 0.1) is 0 Å². The van der Waals surface area contributed by atoms with Gasteiger partial charge < -0.3 is 19.0 Å². The number of aromatic nitrogens is 2. The van der Waals surface area contributed by atoms with E-state index in [2.05, 4.69) is 11.9 Å². The van der Waals surface area contributed by atoms with Gasteiger partial charge in [0.1, 0.15) is 17.7 Å². The molecule has 7 heteroatoms. The van der Waals surface area contributed by atoms with E-state index in [0.717, 1.165) is 24.7 Å². The topological polar surface area (TPSA) is 79.7 Å². The molecule has 2 aromatic rings. The molecular formula is C22H28N2O5. The predicted octanol–water partition coefficient (Wildman–Crippen LogP) is 4.26. The molecule has 1 unspecified atom stereocenters. The molecule has 0 N–H and O–H groups in total. The summed E-state index contributed by atoms with van der Waals surface area (Å²) < 4.78 is 17.7. The van der Waals surface area contributed by atoms with Gasteiger partial charge in [0.2, 0.25) is 6.79 Å². The molecule has 1 aliphatic rings. The van der Waals surface area contributed by atoms with Gasteiger partial charge in [-0.2, -0.15) is 0 Å². The second kappa shape index (κ2) is 8.68. The van der Waals surface area contributed by atoms with E-state index >= 15 is 0 Å². The van der Waals surface area contributed by atoms with Gasteiger partial charge in [0.15, 0.2) is 11.5 Å². The number of aldehydes is 1. The van der Waals surface area contributed by atoms with Crippen molar-refractivity contribution in [3.05, 3.63) is 41.5 Å². The van der Waals surface area contributed by atoms with Crippen molar-refractivity contribution in [3.8, 4) is 11.5 Å². The summed E-state index contributed by atoms with van der Waals surface area (Å²) >= 11 is 0. The maximum absolute atomic E-state index is 12.6. The Morgan fingerprint density at radius 3 is 2.76 bits per heavy atom. The molecule has 7 nitrogen and oxygen atoms in total. The van der Waals surface area contributed by atoms with Crippen molar-refractivity contribution in [2.45, 2.75) is 64.9 Å². The molecule has 0 fully saturated rings. The Balaban J connectivity index is 1.83. The number of rotatable bonds is 7. The van der Waals surface area contributed by atoms with Crippen LogP contribution in [0.5, 0.6) is 11.5 Å². The Hall–Kier alpha value is -2.83. The Morgan fingerprint density at radius 2 is 2.07 bits per heavy atom. The molecular weight excluding hydrogens is 372 g/mol. The van der Waals surface area contributed by atoms with Crippen molar-refractivity contribution < 1.29 is 23.8 Å². The van der Waals surface area contributed by atoms with Crippen LogP contribution in [0.25, 0.3) is 0 Å². The third-order valence-electron chi connectivity index (χ3n) is 4.59. The molecule has 0 saturated heterocycles. The summed E-state index contributed by atoms with van der Waals surface area (Å²) in [6.45, 7) is 7.76. The van der Waals surface area contributed by atoms with Crippen molar-refractivity contribution >= 4 is 12.4 Å². The van der Waals surface area contributed by atoms with Crippen LogP contribution in [0.2, 0.25) is 0 Å². The lowest BCUT2D eigenvalue weighted by Gasteiger charge is -2.20. The Labute approximate surface area is 171 Å². The van der Waals surface area contributed by atoms with E-state index in [1.165, 1.54) is 4.57 Å². The number of ether oxygens (including phenoxy) is 3. The molecule has 1 aliphatic heterocycles. The molecule has 0 saturated carbocycles. The smallest absolute Gasteiger partial charge is 0.419 e. The first-order chi connectivity index (χ1) is 13.8. The van der Waals surface area contributed by atoms with Crippen LogP contribution in [0.1, 0.15) is 63.5 Å². The van der Waals surface area contributed by atoms with Crippen LogP contribution in [-0.4, -0.2) is 34.3 Å². The molecule has 3 rings (SSSR count). The lowest BCUT2D eigenvalue weighted by molar-refractivity contribution is -0.109. The number of carbonyl (C=O) groups is 2. The summed E-state index contributed by atoms with van der Waals surface area (Å²) in [5, 5.41) is 0. The van der Waals surface area contributed by atoms with Gasteiger partial charge in [-0.15, -0.1) is 0 Å². The first-order valence-electron chi connectivity index (χ1n) is 9.96. The van der Waals surface area contributed by atoms with Gasteiger partial charge in [0.25, 0.3) is 0 Å². The molecule has 0 amide bonds. The van der Waals surface area contributed by atoms with Crippen molar-refractivity contribution in [1.82, 2.24) is 9.55 Å². The third-order valence-corrected chi connectivity index (χ3v) is 4.59. The number of aryl methyl sites for hydroxylation is 1. The van der Waals surface area contributed by atoms with Crippen molar-refractivity contribution in [2.24, 2.45) is 0 Å². The number of nitrogens with zero attached hydrogens (tertiary/aromatic N) is 2. The van der Waals surface area contributed by atoms with Crippen LogP contribution in [-0.2, 0) is 22.4 Å². The van der Waals surface area contributed by atoms with Crippen molar-refractivity contribution in [2.75, 3.05) is 6.79 Å². The van der Waals surface area contributed by atoms with E-state index < -0.39 is 17.6 Å². The zero-order chi connectivity index (χ0) is 21.0. The van der Waals surface area contributed by atoms with Gasteiger partial charge in [-0.3, -0.25) is 0 Å². The monoisotopic (exact) mass is 400 g/mol. The molecule has 1 aromatic heterocycles. The maximum Gasteiger partial charge on any atom is 0.419 e. The second-order valence-corrected chi connectivity index (χ2v) is 8.16. The average Bonchev–Trinajstić information content (AvgIpc) is 3.29. The quantitative estimate of drug-likeness (QED) is 0.646. The molecule has 1 atom stereocenters. The highest BCUT2D eigenvalue weighted by molar-refractivity contribution is 5.72. The van der Waals surface area contributed by atoms with Crippen LogP contribution >= 0.6 is 0 Å². The number of carbonyl (C=O) groups excluding carboxylic acids is 2. The van der Waals surface area contributed by atoms with Gasteiger partial charge in [0.05, 0.1) is 5.69 Å². The fraction of sp³-hybridized carbons (Fsp3) is 0.500. The molecule has 2 heterocycles. The van der Waals surface area contributed by atoms with E-state index in [-0.39, 0.29) is 6.79 Å². The van der Waals surface area contributed by atoms with E-state index in [1.54, 1.807) is 12.3 Å². The molecule has 0 bridgehead atoms. The number of unbranched alkanes of at least 4 members (excludes halogenated alkanes) is 1. The van der Waals surface area contributed by atoms with Gasteiger partial charge in [-0.1, -0.05) is 19.4 Å². The summed E-state index contributed by atoms with van der Waals surface area (Å²) in [6.07, 6.45) is 5.10. The van der Waals surface area contributed by atoms with E-state index in [0.29, 0.717) is 35.9 Å². The number of hydrogen-bond donors (Lipinski definition) is 0. The third kappa shape index (κ3) is 5.16. The Kier molecular flexibility index (Phi) is 6.25. The minimum atomic E-state index is -0.596. The molecule has 29 heavy (non-hydrogen) atoms. The maximum atomic E-state index is 12.6. The summed E-state index contributed by atoms with van der Waals surface area (Å²) in [6, 6.07) is 5.49. The van der Waals surface area contributed by atoms with Crippen LogP contribution in [0.15, 0.2) is 24.4 Å². The highest BCUT2D eigenvalue weighted by Crippen LogP contribution is 2.35. The molecule has 1 aromatic carbocycles. The van der Waals surface area contributed by atoms with Crippen LogP contribution in [0.4, 0.5) is 4.79 Å². The zero-order valence-electron chi connectivity index (χ0n) is 17.4. The van der Waals surface area contributed by atoms with Crippen LogP contribution in [0.3, 0.4) is 0 Å². The number of fused-ring (bicyclic) bond motifs is 1. The SMILES string of the molecule is CCCCc1nc(CC(C=O)c2ccc3c(c2)OCO3)cn1C(=O)OC(C)(C)C. The minimum absolute atomic E-state index is 0.186. The van der Waals surface area contributed by atoms with Gasteiger partial charge in [0, 0.05) is 25.0 Å². The standard InChI is InChI=1S/C22H28N2O5/c1-5-6-7-20-23-17(12-24(20)21(26)29-22(2,3)4)10-16(13-25)15-8-9-18-19(11-15)28-14-27-18/h8-9,11-13,16H,5-7,10,14H2,1-4H3. The van der Waals surface area contributed by atoms with Crippen LogP contribution < -0.4 is 9.47 Å². The van der Waals surface area contributed by atoms with E-state index in [4.69, 9.17) is 14.2 Å². The Bertz CT molecular complexity index is 882.